The highest BCUT2D eigenvalue weighted by Gasteiger charge is 1.99. The molecule has 0 saturated carbocycles. The van der Waals surface area contributed by atoms with Crippen molar-refractivity contribution in [3.8, 4) is 0 Å². The molecule has 0 saturated heterocycles. The van der Waals surface area contributed by atoms with Crippen LogP contribution in [0.1, 0.15) is 117 Å². The van der Waals surface area contributed by atoms with E-state index >= 15 is 0 Å². The summed E-state index contributed by atoms with van der Waals surface area (Å²) in [4.78, 5) is 11.3. The smallest absolute Gasteiger partial charge is 0.132 e. The summed E-state index contributed by atoms with van der Waals surface area (Å²) in [6.07, 6.45) is 20.5. The molecule has 0 aromatic carbocycles. The summed E-state index contributed by atoms with van der Waals surface area (Å²) in [6, 6.07) is 0. The lowest BCUT2D eigenvalue weighted by Gasteiger charge is -2.03. The fourth-order valence-corrected chi connectivity index (χ4v) is 2.74. The Morgan fingerprint density at radius 3 is 1.30 bits per heavy atom. The number of hydrogen-bond acceptors (Lipinski definition) is 1. The molecule has 0 aromatic heterocycles. The van der Waals surface area contributed by atoms with Crippen molar-refractivity contribution < 1.29 is 4.79 Å². The van der Waals surface area contributed by atoms with Crippen molar-refractivity contribution in [1.82, 2.24) is 0 Å². The van der Waals surface area contributed by atoms with Gasteiger partial charge in [-0.25, -0.2) is 0 Å². The SMILES string of the molecule is CCCCCCCCCCCCCCCC(=O)CCC. The minimum atomic E-state index is 0.468. The summed E-state index contributed by atoms with van der Waals surface area (Å²) in [5, 5.41) is 0. The fraction of sp³-hybridized carbons (Fsp3) is 0.947. The van der Waals surface area contributed by atoms with Gasteiger partial charge in [-0.15, -0.1) is 0 Å². The van der Waals surface area contributed by atoms with E-state index in [1.165, 1.54) is 77.0 Å². The lowest BCUT2D eigenvalue weighted by molar-refractivity contribution is -0.119. The molecule has 0 bridgehead atoms. The Morgan fingerprint density at radius 2 is 0.900 bits per heavy atom. The van der Waals surface area contributed by atoms with E-state index in [0.717, 1.165) is 25.7 Å². The first kappa shape index (κ1) is 19.7. The van der Waals surface area contributed by atoms with Crippen molar-refractivity contribution in [2.45, 2.75) is 117 Å². The molecule has 0 unspecified atom stereocenters. The summed E-state index contributed by atoms with van der Waals surface area (Å²) < 4.78 is 0. The molecule has 0 amide bonds. The largest absolute Gasteiger partial charge is 0.300 e. The van der Waals surface area contributed by atoms with Gasteiger partial charge in [0.2, 0.25) is 0 Å². The maximum absolute atomic E-state index is 11.3. The predicted octanol–water partition coefficient (Wildman–Crippen LogP) is 6.84. The third-order valence-corrected chi connectivity index (χ3v) is 4.09. The van der Waals surface area contributed by atoms with E-state index in [1.54, 1.807) is 0 Å². The van der Waals surface area contributed by atoms with Crippen LogP contribution in [0.25, 0.3) is 0 Å². The highest BCUT2D eigenvalue weighted by atomic mass is 16.1. The Kier molecular flexibility index (Phi) is 16.4. The van der Waals surface area contributed by atoms with Crippen LogP contribution in [0.15, 0.2) is 0 Å². The average Bonchev–Trinajstić information content (AvgIpc) is 2.44. The minimum Gasteiger partial charge on any atom is -0.300 e. The van der Waals surface area contributed by atoms with Gasteiger partial charge >= 0.3 is 0 Å². The summed E-state index contributed by atoms with van der Waals surface area (Å²) >= 11 is 0. The van der Waals surface area contributed by atoms with Gasteiger partial charge in [0, 0.05) is 12.8 Å². The van der Waals surface area contributed by atoms with Gasteiger partial charge in [0.15, 0.2) is 0 Å². The Labute approximate surface area is 127 Å². The normalized spacial score (nSPS) is 10.9. The maximum atomic E-state index is 11.3. The number of Topliss-reactive ketones (excluding diaryl/α,β-unsaturated/α-hetero) is 1. The summed E-state index contributed by atoms with van der Waals surface area (Å²) in [7, 11) is 0. The second-order valence-electron chi connectivity index (χ2n) is 6.28. The molecule has 0 heterocycles. The molecule has 0 N–H and O–H groups in total. The van der Waals surface area contributed by atoms with Gasteiger partial charge in [0.1, 0.15) is 5.78 Å². The Balaban J connectivity index is 3.01. The monoisotopic (exact) mass is 282 g/mol. The van der Waals surface area contributed by atoms with Crippen LogP contribution in [0.5, 0.6) is 0 Å². The second kappa shape index (κ2) is 16.7. The van der Waals surface area contributed by atoms with Crippen molar-refractivity contribution in [2.24, 2.45) is 0 Å². The minimum absolute atomic E-state index is 0.468. The van der Waals surface area contributed by atoms with E-state index < -0.39 is 0 Å². The summed E-state index contributed by atoms with van der Waals surface area (Å²) in [5.74, 6) is 0.468. The van der Waals surface area contributed by atoms with Crippen LogP contribution in [0, 0.1) is 0 Å². The molecule has 0 radical (unpaired) electrons. The van der Waals surface area contributed by atoms with Crippen LogP contribution in [-0.2, 0) is 4.79 Å². The molecule has 0 fully saturated rings. The number of ketones is 1. The molecular formula is C19H38O. The number of unbranched alkanes of at least 4 members (excludes halogenated alkanes) is 12. The van der Waals surface area contributed by atoms with Gasteiger partial charge in [0.25, 0.3) is 0 Å². The van der Waals surface area contributed by atoms with E-state index in [0.29, 0.717) is 5.78 Å². The van der Waals surface area contributed by atoms with E-state index in [9.17, 15) is 4.79 Å². The Bertz CT molecular complexity index is 198. The zero-order valence-corrected chi connectivity index (χ0v) is 14.2. The first-order valence-corrected chi connectivity index (χ1v) is 9.33. The highest BCUT2D eigenvalue weighted by Crippen LogP contribution is 2.13. The van der Waals surface area contributed by atoms with Gasteiger partial charge < -0.3 is 0 Å². The van der Waals surface area contributed by atoms with Gasteiger partial charge in [-0.05, 0) is 12.8 Å². The van der Waals surface area contributed by atoms with E-state index in [4.69, 9.17) is 0 Å². The lowest BCUT2D eigenvalue weighted by atomic mass is 10.0. The van der Waals surface area contributed by atoms with Crippen LogP contribution in [-0.4, -0.2) is 5.78 Å². The van der Waals surface area contributed by atoms with Crippen LogP contribution in [0.3, 0.4) is 0 Å². The molecule has 1 nitrogen and oxygen atoms in total. The molecule has 0 spiro atoms. The average molecular weight is 283 g/mol. The Hall–Kier alpha value is -0.330. The van der Waals surface area contributed by atoms with E-state index in [2.05, 4.69) is 13.8 Å². The van der Waals surface area contributed by atoms with Crippen LogP contribution in [0.2, 0.25) is 0 Å². The quantitative estimate of drug-likeness (QED) is 0.283. The third-order valence-electron chi connectivity index (χ3n) is 4.09. The molecule has 0 aliphatic heterocycles. The van der Waals surface area contributed by atoms with Gasteiger partial charge in [-0.3, -0.25) is 4.79 Å². The van der Waals surface area contributed by atoms with Crippen molar-refractivity contribution >= 4 is 5.78 Å². The van der Waals surface area contributed by atoms with Crippen LogP contribution >= 0.6 is 0 Å². The third kappa shape index (κ3) is 15.7. The molecule has 120 valence electrons. The van der Waals surface area contributed by atoms with E-state index in [1.807, 2.05) is 0 Å². The number of rotatable bonds is 16. The topological polar surface area (TPSA) is 17.1 Å². The number of carbonyl (C=O) groups excluding carboxylic acids is 1. The van der Waals surface area contributed by atoms with Gasteiger partial charge in [-0.2, -0.15) is 0 Å². The first-order valence-electron chi connectivity index (χ1n) is 9.33. The van der Waals surface area contributed by atoms with Crippen molar-refractivity contribution in [1.29, 1.82) is 0 Å². The Morgan fingerprint density at radius 1 is 0.500 bits per heavy atom. The maximum Gasteiger partial charge on any atom is 0.132 e. The van der Waals surface area contributed by atoms with Crippen molar-refractivity contribution in [3.63, 3.8) is 0 Å². The van der Waals surface area contributed by atoms with Gasteiger partial charge in [-0.1, -0.05) is 90.9 Å². The van der Waals surface area contributed by atoms with Crippen molar-refractivity contribution in [2.75, 3.05) is 0 Å². The molecule has 0 rings (SSSR count). The highest BCUT2D eigenvalue weighted by molar-refractivity contribution is 5.78. The van der Waals surface area contributed by atoms with Crippen LogP contribution < -0.4 is 0 Å². The van der Waals surface area contributed by atoms with Crippen LogP contribution in [0.4, 0.5) is 0 Å². The number of hydrogen-bond donors (Lipinski definition) is 0. The first-order chi connectivity index (χ1) is 9.81. The summed E-state index contributed by atoms with van der Waals surface area (Å²) in [6.45, 7) is 4.36. The zero-order valence-electron chi connectivity index (χ0n) is 14.2. The zero-order chi connectivity index (χ0) is 14.9. The fourth-order valence-electron chi connectivity index (χ4n) is 2.74. The molecule has 0 aliphatic rings. The van der Waals surface area contributed by atoms with Crippen molar-refractivity contribution in [3.05, 3.63) is 0 Å². The van der Waals surface area contributed by atoms with Gasteiger partial charge in [0.05, 0.1) is 0 Å². The molecule has 1 heteroatoms. The molecule has 0 aromatic rings. The number of carbonyl (C=O) groups is 1. The molecular weight excluding hydrogens is 244 g/mol. The molecule has 0 aliphatic carbocycles. The summed E-state index contributed by atoms with van der Waals surface area (Å²) in [5.41, 5.74) is 0. The second-order valence-corrected chi connectivity index (χ2v) is 6.28. The lowest BCUT2D eigenvalue weighted by Crippen LogP contribution is -1.96. The molecule has 20 heavy (non-hydrogen) atoms. The predicted molar refractivity (Wildman–Crippen MR) is 90.2 cm³/mol. The van der Waals surface area contributed by atoms with E-state index in [-0.39, 0.29) is 0 Å². The standard InChI is InChI=1S/C19H38O/c1-3-5-6-7-8-9-10-11-12-13-14-15-16-18-19(20)17-4-2/h3-18H2,1-2H3. The molecule has 0 atom stereocenters.